The van der Waals surface area contributed by atoms with E-state index in [1.807, 2.05) is 12.1 Å². The molecule has 2 aromatic rings. The average molecular weight is 269 g/mol. The van der Waals surface area contributed by atoms with Gasteiger partial charge in [-0.2, -0.15) is 0 Å². The summed E-state index contributed by atoms with van der Waals surface area (Å²) in [6.45, 7) is 0.719. The Morgan fingerprint density at radius 3 is 2.55 bits per heavy atom. The van der Waals surface area contributed by atoms with E-state index in [0.717, 1.165) is 19.4 Å². The van der Waals surface area contributed by atoms with Crippen LogP contribution in [0.3, 0.4) is 0 Å². The van der Waals surface area contributed by atoms with Crippen LogP contribution in [0.4, 0.5) is 0 Å². The Labute approximate surface area is 119 Å². The Morgan fingerprint density at radius 2 is 1.95 bits per heavy atom. The zero-order chi connectivity index (χ0) is 13.8. The van der Waals surface area contributed by atoms with Crippen LogP contribution in [-0.2, 0) is 16.6 Å². The number of carbonyl (C=O) groups excluding carboxylic acids is 1. The van der Waals surface area contributed by atoms with Crippen LogP contribution in [0.25, 0.3) is 0 Å². The molecule has 1 saturated carbocycles. The van der Waals surface area contributed by atoms with Gasteiger partial charge in [0, 0.05) is 12.0 Å². The lowest BCUT2D eigenvalue weighted by atomic mass is 9.64. The number of hydrogen-bond donors (Lipinski definition) is 1. The fraction of sp³-hybridized carbons (Fsp3) is 0.353. The van der Waals surface area contributed by atoms with E-state index < -0.39 is 0 Å². The molecular formula is C17H19NO2. The van der Waals surface area contributed by atoms with E-state index in [4.69, 9.17) is 4.42 Å². The molecule has 1 fully saturated rings. The molecule has 0 radical (unpaired) electrons. The zero-order valence-corrected chi connectivity index (χ0v) is 11.5. The first-order chi connectivity index (χ1) is 9.78. The van der Waals surface area contributed by atoms with Crippen molar-refractivity contribution >= 4 is 5.91 Å². The molecule has 1 amide bonds. The molecule has 3 nitrogen and oxygen atoms in total. The van der Waals surface area contributed by atoms with Crippen molar-refractivity contribution in [3.63, 3.8) is 0 Å². The van der Waals surface area contributed by atoms with Crippen LogP contribution in [0, 0.1) is 0 Å². The van der Waals surface area contributed by atoms with Crippen molar-refractivity contribution < 1.29 is 9.21 Å². The van der Waals surface area contributed by atoms with Crippen molar-refractivity contribution in [1.82, 2.24) is 5.32 Å². The van der Waals surface area contributed by atoms with E-state index in [1.165, 1.54) is 12.0 Å². The second-order valence-corrected chi connectivity index (χ2v) is 5.53. The van der Waals surface area contributed by atoms with Crippen LogP contribution in [-0.4, -0.2) is 12.5 Å². The molecule has 20 heavy (non-hydrogen) atoms. The van der Waals surface area contributed by atoms with E-state index in [-0.39, 0.29) is 11.3 Å². The molecule has 104 valence electrons. The molecule has 1 aliphatic carbocycles. The molecule has 0 bridgehead atoms. The van der Waals surface area contributed by atoms with Gasteiger partial charge in [0.05, 0.1) is 12.7 Å². The number of carbonyl (C=O) groups is 1. The van der Waals surface area contributed by atoms with Gasteiger partial charge in [-0.05, 0) is 30.5 Å². The molecule has 3 rings (SSSR count). The second kappa shape index (κ2) is 5.53. The lowest BCUT2D eigenvalue weighted by molar-refractivity contribution is -0.121. The van der Waals surface area contributed by atoms with Gasteiger partial charge < -0.3 is 9.73 Å². The summed E-state index contributed by atoms with van der Waals surface area (Å²) in [5.41, 5.74) is 1.48. The molecule has 0 saturated heterocycles. The molecule has 3 heteroatoms. The van der Waals surface area contributed by atoms with Gasteiger partial charge >= 0.3 is 0 Å². The predicted octanol–water partition coefficient (Wildman–Crippen LogP) is 3.06. The van der Waals surface area contributed by atoms with E-state index in [0.29, 0.717) is 12.2 Å². The van der Waals surface area contributed by atoms with Gasteiger partial charge in [-0.1, -0.05) is 36.8 Å². The lowest BCUT2D eigenvalue weighted by Crippen LogP contribution is -2.45. The second-order valence-electron chi connectivity index (χ2n) is 5.53. The molecule has 1 heterocycles. The Balaban J connectivity index is 1.60. The van der Waals surface area contributed by atoms with E-state index in [1.54, 1.807) is 12.3 Å². The Morgan fingerprint density at radius 1 is 1.15 bits per heavy atom. The Hall–Kier alpha value is -2.03. The quantitative estimate of drug-likeness (QED) is 0.906. The van der Waals surface area contributed by atoms with Crippen LogP contribution >= 0.6 is 0 Å². The third-order valence-corrected chi connectivity index (χ3v) is 4.24. The van der Waals surface area contributed by atoms with Gasteiger partial charge in [0.2, 0.25) is 5.91 Å². The number of benzene rings is 1. The maximum atomic E-state index is 12.0. The van der Waals surface area contributed by atoms with Crippen molar-refractivity contribution in [2.24, 2.45) is 0 Å². The van der Waals surface area contributed by atoms with Gasteiger partial charge in [-0.25, -0.2) is 0 Å². The van der Waals surface area contributed by atoms with Crippen LogP contribution in [0.15, 0.2) is 53.1 Å². The monoisotopic (exact) mass is 269 g/mol. The average Bonchev–Trinajstić information content (AvgIpc) is 2.91. The molecule has 0 aliphatic heterocycles. The minimum atomic E-state index is 0.0298. The topological polar surface area (TPSA) is 42.2 Å². The first kappa shape index (κ1) is 13.0. The SMILES string of the molecule is O=C(Cc1ccco1)NCC1(c2ccccc2)CCC1. The Kier molecular flexibility index (Phi) is 3.59. The van der Waals surface area contributed by atoms with Crippen molar-refractivity contribution in [2.45, 2.75) is 31.1 Å². The summed E-state index contributed by atoms with van der Waals surface area (Å²) < 4.78 is 5.20. The predicted molar refractivity (Wildman–Crippen MR) is 77.4 cm³/mol. The smallest absolute Gasteiger partial charge is 0.227 e. The minimum Gasteiger partial charge on any atom is -0.469 e. The Bertz CT molecular complexity index is 556. The van der Waals surface area contributed by atoms with Crippen molar-refractivity contribution in [2.75, 3.05) is 6.54 Å². The van der Waals surface area contributed by atoms with Gasteiger partial charge in [-0.15, -0.1) is 0 Å². The van der Waals surface area contributed by atoms with Gasteiger partial charge in [-0.3, -0.25) is 4.79 Å². The summed E-state index contributed by atoms with van der Waals surface area (Å²) in [6, 6.07) is 14.1. The van der Waals surface area contributed by atoms with Crippen LogP contribution in [0.2, 0.25) is 0 Å². The third kappa shape index (κ3) is 2.62. The van der Waals surface area contributed by atoms with Gasteiger partial charge in [0.25, 0.3) is 0 Å². The highest BCUT2D eigenvalue weighted by Gasteiger charge is 2.38. The first-order valence-corrected chi connectivity index (χ1v) is 7.13. The first-order valence-electron chi connectivity index (χ1n) is 7.13. The number of amides is 1. The maximum Gasteiger partial charge on any atom is 0.227 e. The molecule has 0 spiro atoms. The van der Waals surface area contributed by atoms with Gasteiger partial charge in [0.1, 0.15) is 5.76 Å². The van der Waals surface area contributed by atoms with Crippen molar-refractivity contribution in [1.29, 1.82) is 0 Å². The highest BCUT2D eigenvalue weighted by molar-refractivity contribution is 5.78. The van der Waals surface area contributed by atoms with Crippen molar-refractivity contribution in [3.8, 4) is 0 Å². The highest BCUT2D eigenvalue weighted by Crippen LogP contribution is 2.43. The van der Waals surface area contributed by atoms with Crippen LogP contribution in [0.5, 0.6) is 0 Å². The normalized spacial score (nSPS) is 16.4. The van der Waals surface area contributed by atoms with Crippen molar-refractivity contribution in [3.05, 3.63) is 60.1 Å². The van der Waals surface area contributed by atoms with E-state index >= 15 is 0 Å². The highest BCUT2D eigenvalue weighted by atomic mass is 16.3. The summed E-state index contributed by atoms with van der Waals surface area (Å²) in [5, 5.41) is 3.06. The zero-order valence-electron chi connectivity index (χ0n) is 11.5. The molecule has 1 aromatic carbocycles. The van der Waals surface area contributed by atoms with E-state index in [2.05, 4.69) is 29.6 Å². The molecular weight excluding hydrogens is 250 g/mol. The fourth-order valence-corrected chi connectivity index (χ4v) is 2.86. The minimum absolute atomic E-state index is 0.0298. The molecule has 1 aromatic heterocycles. The molecule has 0 unspecified atom stereocenters. The summed E-state index contributed by atoms with van der Waals surface area (Å²) in [6.07, 6.45) is 5.46. The number of nitrogens with one attached hydrogen (secondary N) is 1. The molecule has 1 N–H and O–H groups in total. The maximum absolute atomic E-state index is 12.0. The summed E-state index contributed by atoms with van der Waals surface area (Å²) in [5.74, 6) is 0.743. The van der Waals surface area contributed by atoms with Crippen LogP contribution < -0.4 is 5.32 Å². The fourth-order valence-electron chi connectivity index (χ4n) is 2.86. The van der Waals surface area contributed by atoms with Gasteiger partial charge in [0.15, 0.2) is 0 Å². The summed E-state index contributed by atoms with van der Waals surface area (Å²) >= 11 is 0. The number of hydrogen-bond acceptors (Lipinski definition) is 2. The largest absolute Gasteiger partial charge is 0.469 e. The summed E-state index contributed by atoms with van der Waals surface area (Å²) in [4.78, 5) is 12.0. The molecule has 1 aliphatic rings. The number of furan rings is 1. The third-order valence-electron chi connectivity index (χ3n) is 4.24. The standard InChI is InChI=1S/C17H19NO2/c19-16(12-15-8-4-11-20-15)18-13-17(9-5-10-17)14-6-2-1-3-7-14/h1-4,6-8,11H,5,9-10,12-13H2,(H,18,19). The van der Waals surface area contributed by atoms with E-state index in [9.17, 15) is 4.79 Å². The number of rotatable bonds is 5. The summed E-state index contributed by atoms with van der Waals surface area (Å²) in [7, 11) is 0. The lowest BCUT2D eigenvalue weighted by Gasteiger charge is -2.42. The molecule has 0 atom stereocenters. The van der Waals surface area contributed by atoms with Crippen LogP contribution in [0.1, 0.15) is 30.6 Å².